The van der Waals surface area contributed by atoms with Gasteiger partial charge in [-0.05, 0) is 51.4 Å². The number of hydrogen-bond donors (Lipinski definition) is 3. The van der Waals surface area contributed by atoms with E-state index in [0.29, 0.717) is 25.7 Å². The van der Waals surface area contributed by atoms with Gasteiger partial charge in [0.1, 0.15) is 19.3 Å². The molecule has 0 aromatic carbocycles. The molecule has 5 atom stereocenters. The van der Waals surface area contributed by atoms with E-state index >= 15 is 0 Å². The molecule has 0 fully saturated rings. The molecule has 560 valence electrons. The van der Waals surface area contributed by atoms with Gasteiger partial charge >= 0.3 is 39.5 Å². The van der Waals surface area contributed by atoms with Crippen molar-refractivity contribution >= 4 is 39.5 Å². The molecular formula is C76H144O17P2. The van der Waals surface area contributed by atoms with E-state index in [1.165, 1.54) is 180 Å². The third kappa shape index (κ3) is 69.8. The normalized spacial score (nSPS) is 14.1. The van der Waals surface area contributed by atoms with Gasteiger partial charge in [-0.3, -0.25) is 37.3 Å². The molecule has 0 bridgehead atoms. The predicted molar refractivity (Wildman–Crippen MR) is 386 cm³/mol. The summed E-state index contributed by atoms with van der Waals surface area (Å²) in [5.74, 6) is -2.15. The summed E-state index contributed by atoms with van der Waals surface area (Å²) in [6.45, 7) is 4.88. The molecule has 0 aromatic rings. The molecule has 0 rings (SSSR count). The number of rotatable bonds is 75. The molecule has 0 radical (unpaired) electrons. The van der Waals surface area contributed by atoms with Gasteiger partial charge in [0.25, 0.3) is 0 Å². The quantitative estimate of drug-likeness (QED) is 0.0169. The van der Waals surface area contributed by atoms with E-state index in [-0.39, 0.29) is 25.7 Å². The number of phosphoric ester groups is 2. The Morgan fingerprint density at radius 3 is 0.768 bits per heavy atom. The highest BCUT2D eigenvalue weighted by Gasteiger charge is 2.30. The Kier molecular flexibility index (Phi) is 68.2. The Morgan fingerprint density at radius 2 is 0.505 bits per heavy atom. The molecule has 3 N–H and O–H groups in total. The lowest BCUT2D eigenvalue weighted by atomic mass is 10.0. The Morgan fingerprint density at radius 1 is 0.295 bits per heavy atom. The van der Waals surface area contributed by atoms with Gasteiger partial charge in [-0.25, -0.2) is 9.13 Å². The van der Waals surface area contributed by atoms with Gasteiger partial charge in [0, 0.05) is 25.7 Å². The maximum absolute atomic E-state index is 13.1. The second-order valence-corrected chi connectivity index (χ2v) is 29.6. The molecular weight excluding hydrogens is 1250 g/mol. The monoisotopic (exact) mass is 1390 g/mol. The first-order valence-corrected chi connectivity index (χ1v) is 42.1. The second-order valence-electron chi connectivity index (χ2n) is 26.7. The van der Waals surface area contributed by atoms with Crippen LogP contribution in [0.2, 0.25) is 0 Å². The number of phosphoric acid groups is 2. The number of carbonyl (C=O) groups is 4. The van der Waals surface area contributed by atoms with Crippen LogP contribution in [-0.2, 0) is 65.4 Å². The number of aliphatic hydroxyl groups excluding tert-OH is 1. The number of aliphatic hydroxyl groups is 1. The SMILES string of the molecule is CCCCCC/C=C\C=C/CCCCCCCC(=O)OC[C@H](COP(=O)(O)OC[C@@H](O)COP(=O)(O)OC[C@@H](COC(=O)CCCCCCCCC)OC(=O)CCCCCCCCCCCCCCCC)OC(=O)CCCCCCCCCCCCCCCCCCCCC. The van der Waals surface area contributed by atoms with Crippen LogP contribution in [-0.4, -0.2) is 96.7 Å². The van der Waals surface area contributed by atoms with Crippen LogP contribution in [0.4, 0.5) is 0 Å². The Balaban J connectivity index is 5.22. The van der Waals surface area contributed by atoms with Gasteiger partial charge in [-0.15, -0.1) is 0 Å². The molecule has 0 aliphatic heterocycles. The smallest absolute Gasteiger partial charge is 0.462 e. The third-order valence-electron chi connectivity index (χ3n) is 17.2. The van der Waals surface area contributed by atoms with Crippen LogP contribution in [0.1, 0.15) is 381 Å². The first kappa shape index (κ1) is 92.5. The highest BCUT2D eigenvalue weighted by Crippen LogP contribution is 2.45. The minimum atomic E-state index is -4.96. The minimum absolute atomic E-state index is 0.102. The Bertz CT molecular complexity index is 1900. The Hall–Kier alpha value is -2.46. The zero-order valence-corrected chi connectivity index (χ0v) is 62.9. The average Bonchev–Trinajstić information content (AvgIpc) is 2.48. The number of unbranched alkanes of at least 4 members (excludes halogenated alkanes) is 46. The zero-order valence-electron chi connectivity index (χ0n) is 61.1. The number of carbonyl (C=O) groups excluding carboxylic acids is 4. The first-order chi connectivity index (χ1) is 46.2. The van der Waals surface area contributed by atoms with E-state index in [2.05, 4.69) is 52.0 Å². The lowest BCUT2D eigenvalue weighted by molar-refractivity contribution is -0.161. The van der Waals surface area contributed by atoms with Gasteiger partial charge in [0.15, 0.2) is 12.2 Å². The van der Waals surface area contributed by atoms with Crippen molar-refractivity contribution in [2.75, 3.05) is 39.6 Å². The molecule has 0 aliphatic carbocycles. The lowest BCUT2D eigenvalue weighted by Gasteiger charge is -2.21. The molecule has 0 aliphatic rings. The largest absolute Gasteiger partial charge is 0.472 e. The van der Waals surface area contributed by atoms with Gasteiger partial charge in [-0.2, -0.15) is 0 Å². The van der Waals surface area contributed by atoms with Crippen molar-refractivity contribution in [3.05, 3.63) is 24.3 Å². The lowest BCUT2D eigenvalue weighted by Crippen LogP contribution is -2.30. The summed E-state index contributed by atoms with van der Waals surface area (Å²) in [6, 6.07) is 0. The highest BCUT2D eigenvalue weighted by atomic mass is 31.2. The average molecular weight is 1390 g/mol. The fourth-order valence-corrected chi connectivity index (χ4v) is 12.8. The summed E-state index contributed by atoms with van der Waals surface area (Å²) in [5, 5.41) is 10.6. The van der Waals surface area contributed by atoms with Gasteiger partial charge < -0.3 is 33.8 Å². The molecule has 0 amide bonds. The van der Waals surface area contributed by atoms with E-state index in [1.54, 1.807) is 0 Å². The van der Waals surface area contributed by atoms with Gasteiger partial charge in [0.2, 0.25) is 0 Å². The standard InChI is InChI=1S/C76H144O17P2/c1-5-9-13-17-21-24-27-30-33-34-35-36-38-41-44-47-51-55-59-63-76(81)93-72(67-87-74(79)61-57-53-49-45-42-40-37-31-28-25-22-18-14-10-6-2)69-91-95(84,85)89-65-70(77)64-88-94(82,83)90-68-71(66-86-73(78)60-56-52-48-20-16-12-8-4)92-75(80)62-58-54-50-46-43-39-32-29-26-23-19-15-11-7-3/h25,28,31,37,70-72,77H,5-24,26-27,29-30,32-36,38-69H2,1-4H3,(H,82,83)(H,84,85)/b28-25-,37-31-/t70-,71+,72+/m0/s1. The summed E-state index contributed by atoms with van der Waals surface area (Å²) < 4.78 is 68.4. The minimum Gasteiger partial charge on any atom is -0.462 e. The van der Waals surface area contributed by atoms with Crippen LogP contribution >= 0.6 is 15.6 Å². The predicted octanol–water partition coefficient (Wildman–Crippen LogP) is 22.2. The van der Waals surface area contributed by atoms with E-state index in [9.17, 15) is 43.2 Å². The van der Waals surface area contributed by atoms with Crippen LogP contribution in [0.3, 0.4) is 0 Å². The summed E-state index contributed by atoms with van der Waals surface area (Å²) in [7, 11) is -9.91. The van der Waals surface area contributed by atoms with E-state index in [4.69, 9.17) is 37.0 Å². The molecule has 2 unspecified atom stereocenters. The molecule has 0 spiro atoms. The molecule has 0 aromatic heterocycles. The van der Waals surface area contributed by atoms with E-state index < -0.39 is 97.5 Å². The van der Waals surface area contributed by atoms with Crippen LogP contribution < -0.4 is 0 Å². The van der Waals surface area contributed by atoms with Crippen molar-refractivity contribution in [1.82, 2.24) is 0 Å². The van der Waals surface area contributed by atoms with Gasteiger partial charge in [0.05, 0.1) is 26.4 Å². The summed E-state index contributed by atoms with van der Waals surface area (Å²) in [6.07, 6.45) is 63.3. The first-order valence-electron chi connectivity index (χ1n) is 39.1. The topological polar surface area (TPSA) is 237 Å². The van der Waals surface area contributed by atoms with Crippen molar-refractivity contribution in [2.45, 2.75) is 399 Å². The van der Waals surface area contributed by atoms with Crippen molar-refractivity contribution < 1.29 is 80.2 Å². The number of allylic oxidation sites excluding steroid dienone is 4. The Labute approximate surface area is 580 Å². The van der Waals surface area contributed by atoms with Crippen molar-refractivity contribution in [1.29, 1.82) is 0 Å². The number of hydrogen-bond acceptors (Lipinski definition) is 15. The third-order valence-corrected chi connectivity index (χ3v) is 19.1. The van der Waals surface area contributed by atoms with Crippen LogP contribution in [0.25, 0.3) is 0 Å². The molecule has 95 heavy (non-hydrogen) atoms. The zero-order chi connectivity index (χ0) is 69.7. The van der Waals surface area contributed by atoms with E-state index in [1.807, 2.05) is 0 Å². The maximum Gasteiger partial charge on any atom is 0.472 e. The fourth-order valence-electron chi connectivity index (χ4n) is 11.2. The maximum atomic E-state index is 13.1. The van der Waals surface area contributed by atoms with Crippen LogP contribution in [0.15, 0.2) is 24.3 Å². The fraction of sp³-hybridized carbons (Fsp3) is 0.895. The van der Waals surface area contributed by atoms with Crippen LogP contribution in [0.5, 0.6) is 0 Å². The van der Waals surface area contributed by atoms with Crippen molar-refractivity contribution in [2.24, 2.45) is 0 Å². The molecule has 0 saturated carbocycles. The molecule has 0 heterocycles. The molecule has 17 nitrogen and oxygen atoms in total. The summed E-state index contributed by atoms with van der Waals surface area (Å²) in [5.41, 5.74) is 0. The summed E-state index contributed by atoms with van der Waals surface area (Å²) >= 11 is 0. The number of esters is 4. The molecule has 19 heteroatoms. The number of ether oxygens (including phenoxy) is 4. The van der Waals surface area contributed by atoms with Crippen molar-refractivity contribution in [3.63, 3.8) is 0 Å². The highest BCUT2D eigenvalue weighted by molar-refractivity contribution is 7.47. The van der Waals surface area contributed by atoms with Crippen LogP contribution in [0, 0.1) is 0 Å². The van der Waals surface area contributed by atoms with Crippen molar-refractivity contribution in [3.8, 4) is 0 Å². The van der Waals surface area contributed by atoms with Gasteiger partial charge in [-0.1, -0.05) is 328 Å². The van der Waals surface area contributed by atoms with E-state index in [0.717, 1.165) is 122 Å². The second kappa shape index (κ2) is 70.0. The molecule has 0 saturated heterocycles. The summed E-state index contributed by atoms with van der Waals surface area (Å²) in [4.78, 5) is 72.6.